The van der Waals surface area contributed by atoms with Crippen LogP contribution in [0.3, 0.4) is 0 Å². The fraction of sp³-hybridized carbons (Fsp3) is 0.538. The predicted molar refractivity (Wildman–Crippen MR) is 75.2 cm³/mol. The van der Waals surface area contributed by atoms with Crippen LogP contribution in [-0.4, -0.2) is 41.0 Å². The lowest BCUT2D eigenvalue weighted by Crippen LogP contribution is -2.51. The highest BCUT2D eigenvalue weighted by Crippen LogP contribution is 2.18. The second-order valence-electron chi connectivity index (χ2n) is 5.02. The Hall–Kier alpha value is -1.40. The second kappa shape index (κ2) is 6.16. The van der Waals surface area contributed by atoms with Gasteiger partial charge < -0.3 is 10.4 Å². The van der Waals surface area contributed by atoms with E-state index in [-0.39, 0.29) is 18.5 Å². The highest BCUT2D eigenvalue weighted by molar-refractivity contribution is 7.10. The van der Waals surface area contributed by atoms with E-state index in [1.807, 2.05) is 24.4 Å². The average Bonchev–Trinajstić information content (AvgIpc) is 2.81. The van der Waals surface area contributed by atoms with Crippen molar-refractivity contribution in [3.63, 3.8) is 0 Å². The lowest BCUT2D eigenvalue weighted by Gasteiger charge is -2.31. The summed E-state index contributed by atoms with van der Waals surface area (Å²) in [5, 5.41) is 13.9. The van der Waals surface area contributed by atoms with Gasteiger partial charge in [-0.15, -0.1) is 11.3 Å². The Balaban J connectivity index is 2.54. The van der Waals surface area contributed by atoms with E-state index in [9.17, 15) is 9.59 Å². The van der Waals surface area contributed by atoms with Gasteiger partial charge in [-0.1, -0.05) is 6.07 Å². The molecule has 0 radical (unpaired) electrons. The monoisotopic (exact) mass is 284 g/mol. The molecule has 0 saturated carbocycles. The zero-order valence-corrected chi connectivity index (χ0v) is 12.5. The molecule has 0 aliphatic carbocycles. The maximum Gasteiger partial charge on any atom is 0.323 e. The third-order valence-electron chi connectivity index (χ3n) is 3.21. The van der Waals surface area contributed by atoms with Gasteiger partial charge in [0.1, 0.15) is 5.54 Å². The second-order valence-corrected chi connectivity index (χ2v) is 6.00. The van der Waals surface area contributed by atoms with E-state index >= 15 is 0 Å². The largest absolute Gasteiger partial charge is 0.480 e. The van der Waals surface area contributed by atoms with Gasteiger partial charge in [0.2, 0.25) is 5.91 Å². The van der Waals surface area contributed by atoms with Crippen LogP contribution in [0.1, 0.15) is 31.7 Å². The smallest absolute Gasteiger partial charge is 0.323 e. The summed E-state index contributed by atoms with van der Waals surface area (Å²) in [7, 11) is 1.63. The first-order valence-electron chi connectivity index (χ1n) is 6.02. The van der Waals surface area contributed by atoms with Gasteiger partial charge >= 0.3 is 5.97 Å². The molecule has 0 aliphatic heterocycles. The van der Waals surface area contributed by atoms with Crippen molar-refractivity contribution < 1.29 is 14.7 Å². The first-order valence-corrected chi connectivity index (χ1v) is 6.90. The molecule has 0 aromatic carbocycles. The third kappa shape index (κ3) is 4.04. The van der Waals surface area contributed by atoms with Gasteiger partial charge in [0.25, 0.3) is 0 Å². The Morgan fingerprint density at radius 1 is 1.53 bits per heavy atom. The summed E-state index contributed by atoms with van der Waals surface area (Å²) in [5.74, 6) is -1.13. The molecule has 106 valence electrons. The van der Waals surface area contributed by atoms with Gasteiger partial charge in [0.15, 0.2) is 0 Å². The Labute approximate surface area is 117 Å². The summed E-state index contributed by atoms with van der Waals surface area (Å²) in [6, 6.07) is 3.83. The summed E-state index contributed by atoms with van der Waals surface area (Å²) in [6.07, 6.45) is 0. The Morgan fingerprint density at radius 3 is 2.63 bits per heavy atom. The van der Waals surface area contributed by atoms with E-state index in [0.717, 1.165) is 4.88 Å². The summed E-state index contributed by atoms with van der Waals surface area (Å²) in [6.45, 7) is 5.11. The number of nitrogens with zero attached hydrogens (tertiary/aromatic N) is 1. The molecule has 5 nitrogen and oxygen atoms in total. The summed E-state index contributed by atoms with van der Waals surface area (Å²) >= 11 is 1.58. The van der Waals surface area contributed by atoms with Crippen molar-refractivity contribution in [3.05, 3.63) is 22.4 Å². The van der Waals surface area contributed by atoms with Crippen LogP contribution in [0.5, 0.6) is 0 Å². The topological polar surface area (TPSA) is 69.6 Å². The fourth-order valence-electron chi connectivity index (χ4n) is 1.47. The van der Waals surface area contributed by atoms with E-state index in [1.54, 1.807) is 32.2 Å². The number of carboxylic acid groups (broad SMARTS) is 1. The molecule has 1 rings (SSSR count). The van der Waals surface area contributed by atoms with Crippen molar-refractivity contribution in [1.29, 1.82) is 0 Å². The maximum atomic E-state index is 11.9. The highest BCUT2D eigenvalue weighted by Gasteiger charge is 2.33. The average molecular weight is 284 g/mol. The number of carbonyl (C=O) groups is 2. The molecule has 0 aliphatic rings. The number of rotatable bonds is 6. The number of nitrogens with one attached hydrogen (secondary N) is 1. The van der Waals surface area contributed by atoms with Crippen molar-refractivity contribution in [3.8, 4) is 0 Å². The van der Waals surface area contributed by atoms with E-state index in [1.165, 1.54) is 4.90 Å². The maximum absolute atomic E-state index is 11.9. The van der Waals surface area contributed by atoms with Gasteiger partial charge in [0.05, 0.1) is 12.6 Å². The van der Waals surface area contributed by atoms with Crippen LogP contribution in [0.2, 0.25) is 0 Å². The highest BCUT2D eigenvalue weighted by atomic mass is 32.1. The number of likely N-dealkylation sites (N-methyl/N-ethyl adjacent to an activating group) is 1. The van der Waals surface area contributed by atoms with Gasteiger partial charge in [-0.3, -0.25) is 14.5 Å². The number of hydrogen-bond acceptors (Lipinski definition) is 4. The minimum absolute atomic E-state index is 0.0506. The summed E-state index contributed by atoms with van der Waals surface area (Å²) in [4.78, 5) is 25.6. The number of carbonyl (C=O) groups excluding carboxylic acids is 1. The number of thiophene rings is 1. The van der Waals surface area contributed by atoms with E-state index < -0.39 is 11.5 Å². The van der Waals surface area contributed by atoms with Crippen LogP contribution in [-0.2, 0) is 9.59 Å². The van der Waals surface area contributed by atoms with Gasteiger partial charge in [-0.05, 0) is 39.3 Å². The molecule has 2 N–H and O–H groups in total. The molecule has 6 heteroatoms. The van der Waals surface area contributed by atoms with Crippen molar-refractivity contribution in [2.75, 3.05) is 13.6 Å². The van der Waals surface area contributed by atoms with E-state index in [4.69, 9.17) is 5.11 Å². The third-order valence-corrected chi connectivity index (χ3v) is 4.26. The van der Waals surface area contributed by atoms with Crippen LogP contribution in [0.4, 0.5) is 0 Å². The number of aliphatic carboxylic acids is 1. The fourth-order valence-corrected chi connectivity index (χ4v) is 2.21. The first kappa shape index (κ1) is 15.7. The van der Waals surface area contributed by atoms with E-state index in [0.29, 0.717) is 0 Å². The molecule has 1 amide bonds. The molecule has 1 aromatic rings. The summed E-state index contributed by atoms with van der Waals surface area (Å²) < 4.78 is 0. The summed E-state index contributed by atoms with van der Waals surface area (Å²) in [5.41, 5.74) is -1.07. The standard InChI is InChI=1S/C13H20N2O3S/c1-9(10-6-5-7-19-10)14-11(16)8-15(4)13(2,3)12(17)18/h5-7,9H,8H2,1-4H3,(H,14,16)(H,17,18). The molecular formula is C13H20N2O3S. The lowest BCUT2D eigenvalue weighted by atomic mass is 10.0. The molecule has 1 atom stereocenters. The molecule has 1 heterocycles. The molecule has 1 aromatic heterocycles. The van der Waals surface area contributed by atoms with Crippen LogP contribution in [0.15, 0.2) is 17.5 Å². The van der Waals surface area contributed by atoms with Crippen LogP contribution in [0, 0.1) is 0 Å². The Morgan fingerprint density at radius 2 is 2.16 bits per heavy atom. The Bertz CT molecular complexity index is 443. The van der Waals surface area contributed by atoms with Crippen molar-refractivity contribution in [2.45, 2.75) is 32.4 Å². The minimum atomic E-state index is -1.07. The molecule has 0 bridgehead atoms. The number of carboxylic acids is 1. The van der Waals surface area contributed by atoms with Gasteiger partial charge in [0, 0.05) is 4.88 Å². The van der Waals surface area contributed by atoms with Crippen molar-refractivity contribution in [1.82, 2.24) is 10.2 Å². The minimum Gasteiger partial charge on any atom is -0.480 e. The van der Waals surface area contributed by atoms with Gasteiger partial charge in [-0.2, -0.15) is 0 Å². The van der Waals surface area contributed by atoms with Crippen LogP contribution >= 0.6 is 11.3 Å². The molecule has 1 unspecified atom stereocenters. The van der Waals surface area contributed by atoms with Crippen LogP contribution in [0.25, 0.3) is 0 Å². The predicted octanol–water partition coefficient (Wildman–Crippen LogP) is 1.72. The molecule has 19 heavy (non-hydrogen) atoms. The Kier molecular flexibility index (Phi) is 5.08. The SMILES string of the molecule is CC(NC(=O)CN(C)C(C)(C)C(=O)O)c1cccs1. The first-order chi connectivity index (χ1) is 8.75. The van der Waals surface area contributed by atoms with Gasteiger partial charge in [-0.25, -0.2) is 0 Å². The van der Waals surface area contributed by atoms with Crippen molar-refractivity contribution >= 4 is 23.2 Å². The molecular weight excluding hydrogens is 264 g/mol. The van der Waals surface area contributed by atoms with Crippen LogP contribution < -0.4 is 5.32 Å². The molecule has 0 saturated heterocycles. The quantitative estimate of drug-likeness (QED) is 0.834. The van der Waals surface area contributed by atoms with Crippen molar-refractivity contribution in [2.24, 2.45) is 0 Å². The molecule has 0 fully saturated rings. The van der Waals surface area contributed by atoms with E-state index in [2.05, 4.69) is 5.32 Å². The molecule has 0 spiro atoms. The normalized spacial score (nSPS) is 13.3. The number of amides is 1. The zero-order chi connectivity index (χ0) is 14.6. The lowest BCUT2D eigenvalue weighted by molar-refractivity contribution is -0.149. The number of hydrogen-bond donors (Lipinski definition) is 2. The zero-order valence-electron chi connectivity index (χ0n) is 11.6.